The van der Waals surface area contributed by atoms with E-state index in [4.69, 9.17) is 9.47 Å². The van der Waals surface area contributed by atoms with Crippen LogP contribution in [0.3, 0.4) is 0 Å². The zero-order chi connectivity index (χ0) is 22.4. The fourth-order valence-corrected chi connectivity index (χ4v) is 5.19. The molecule has 0 aliphatic carbocycles. The number of piperidine rings is 1. The number of aryl methyl sites for hydroxylation is 1. The molecular weight excluding hydrogens is 458 g/mol. The zero-order valence-electron chi connectivity index (χ0n) is 19.3. The van der Waals surface area contributed by atoms with Gasteiger partial charge in [0.1, 0.15) is 0 Å². The molecule has 7 heteroatoms. The Kier molecular flexibility index (Phi) is 8.81. The molecule has 172 valence electrons. The number of ether oxygens (including phenoxy) is 2. The van der Waals surface area contributed by atoms with Crippen molar-refractivity contribution in [3.05, 3.63) is 30.0 Å². The number of halogens is 1. The van der Waals surface area contributed by atoms with Crippen LogP contribution in [0.1, 0.15) is 56.9 Å². The highest BCUT2D eigenvalue weighted by Crippen LogP contribution is 2.36. The second-order valence-corrected chi connectivity index (χ2v) is 9.45. The number of nitrogens with zero attached hydrogens (tertiary/aromatic N) is 3. The standard InChI is InChI=1S/C24H36BrN3O3/c1-5-31-23-20-12-6-7-13-21(20)27(15-8-9-16-30-4)22(23)24(29)28(18(2)3)19-11-10-14-26(25)17-19/h6-7,12-13,18-19H,5,8-11,14-17H2,1-4H3/t19-/m1/s1. The molecule has 1 saturated heterocycles. The van der Waals surface area contributed by atoms with E-state index in [0.29, 0.717) is 18.1 Å². The summed E-state index contributed by atoms with van der Waals surface area (Å²) in [5.41, 5.74) is 1.74. The van der Waals surface area contributed by atoms with Gasteiger partial charge >= 0.3 is 0 Å². The lowest BCUT2D eigenvalue weighted by atomic mass is 10.0. The molecule has 0 N–H and O–H groups in total. The highest BCUT2D eigenvalue weighted by Gasteiger charge is 2.34. The van der Waals surface area contributed by atoms with Gasteiger partial charge in [-0.05, 0) is 58.6 Å². The zero-order valence-corrected chi connectivity index (χ0v) is 20.9. The maximum atomic E-state index is 14.1. The van der Waals surface area contributed by atoms with Gasteiger partial charge < -0.3 is 18.9 Å². The van der Waals surface area contributed by atoms with Crippen molar-refractivity contribution in [3.8, 4) is 5.75 Å². The van der Waals surface area contributed by atoms with Crippen LogP contribution in [0.5, 0.6) is 5.75 Å². The van der Waals surface area contributed by atoms with Crippen molar-refractivity contribution in [1.82, 2.24) is 13.4 Å². The molecule has 1 aromatic heterocycles. The second-order valence-electron chi connectivity index (χ2n) is 8.45. The number of carbonyl (C=O) groups is 1. The lowest BCUT2D eigenvalue weighted by Gasteiger charge is -2.39. The van der Waals surface area contributed by atoms with Gasteiger partial charge in [-0.3, -0.25) is 4.79 Å². The first-order chi connectivity index (χ1) is 15.0. The highest BCUT2D eigenvalue weighted by atomic mass is 79.9. The van der Waals surface area contributed by atoms with Crippen molar-refractivity contribution in [1.29, 1.82) is 0 Å². The van der Waals surface area contributed by atoms with Crippen LogP contribution in [0.2, 0.25) is 0 Å². The normalized spacial score (nSPS) is 17.4. The van der Waals surface area contributed by atoms with Crippen LogP contribution in [0, 0.1) is 0 Å². The summed E-state index contributed by atoms with van der Waals surface area (Å²) in [5.74, 6) is 0.779. The fraction of sp³-hybridized carbons (Fsp3) is 0.625. The first kappa shape index (κ1) is 24.1. The molecule has 1 aliphatic rings. The first-order valence-corrected chi connectivity index (χ1v) is 12.2. The second kappa shape index (κ2) is 11.3. The van der Waals surface area contributed by atoms with Crippen LogP contribution in [0.25, 0.3) is 10.9 Å². The summed E-state index contributed by atoms with van der Waals surface area (Å²) in [6.45, 7) is 10.1. The van der Waals surface area contributed by atoms with E-state index in [9.17, 15) is 4.79 Å². The fourth-order valence-electron chi connectivity index (χ4n) is 4.60. The third-order valence-electron chi connectivity index (χ3n) is 5.93. The summed E-state index contributed by atoms with van der Waals surface area (Å²) in [5, 5.41) is 1.01. The maximum Gasteiger partial charge on any atom is 0.274 e. The Morgan fingerprint density at radius 1 is 1.29 bits per heavy atom. The Labute approximate surface area is 194 Å². The lowest BCUT2D eigenvalue weighted by molar-refractivity contribution is 0.0523. The van der Waals surface area contributed by atoms with Crippen molar-refractivity contribution >= 4 is 33.0 Å². The van der Waals surface area contributed by atoms with Crippen LogP contribution >= 0.6 is 16.1 Å². The monoisotopic (exact) mass is 493 g/mol. The number of benzene rings is 1. The van der Waals surface area contributed by atoms with Gasteiger partial charge in [-0.15, -0.1) is 0 Å². The highest BCUT2D eigenvalue weighted by molar-refractivity contribution is 9.07. The van der Waals surface area contributed by atoms with Gasteiger partial charge in [-0.2, -0.15) is 0 Å². The van der Waals surface area contributed by atoms with Gasteiger partial charge in [0.2, 0.25) is 0 Å². The molecular formula is C24H36BrN3O3. The summed E-state index contributed by atoms with van der Waals surface area (Å²) in [4.78, 5) is 16.2. The Morgan fingerprint density at radius 2 is 2.06 bits per heavy atom. The number of aromatic nitrogens is 1. The van der Waals surface area contributed by atoms with Crippen molar-refractivity contribution in [2.75, 3.05) is 33.4 Å². The molecule has 0 spiro atoms. The third kappa shape index (κ3) is 5.44. The van der Waals surface area contributed by atoms with E-state index in [1.165, 1.54) is 0 Å². The number of rotatable bonds is 10. The average molecular weight is 494 g/mol. The molecule has 31 heavy (non-hydrogen) atoms. The molecule has 0 radical (unpaired) electrons. The summed E-state index contributed by atoms with van der Waals surface area (Å²) in [6.07, 6.45) is 3.99. The van der Waals surface area contributed by atoms with Crippen molar-refractivity contribution in [2.45, 2.75) is 65.1 Å². The van der Waals surface area contributed by atoms with Gasteiger partial charge in [0.15, 0.2) is 11.4 Å². The van der Waals surface area contributed by atoms with Crippen molar-refractivity contribution in [3.63, 3.8) is 0 Å². The number of carbonyl (C=O) groups excluding carboxylic acids is 1. The first-order valence-electron chi connectivity index (χ1n) is 11.5. The quantitative estimate of drug-likeness (QED) is 0.341. The molecule has 1 atom stereocenters. The molecule has 1 aromatic carbocycles. The maximum absolute atomic E-state index is 14.1. The number of amides is 1. The molecule has 6 nitrogen and oxygen atoms in total. The van der Waals surface area contributed by atoms with E-state index in [1.54, 1.807) is 7.11 Å². The van der Waals surface area contributed by atoms with Gasteiger partial charge in [-0.1, -0.05) is 12.1 Å². The molecule has 1 amide bonds. The van der Waals surface area contributed by atoms with Gasteiger partial charge in [0.25, 0.3) is 5.91 Å². The Bertz CT molecular complexity index is 867. The predicted octanol–water partition coefficient (Wildman–Crippen LogP) is 5.09. The SMILES string of the molecule is CCOc1c(C(=O)N(C(C)C)[C@@H]2CCCN(Br)C2)n(CCCCOC)c2ccccc12. The van der Waals surface area contributed by atoms with Gasteiger partial charge in [0, 0.05) is 67.0 Å². The van der Waals surface area contributed by atoms with E-state index >= 15 is 0 Å². The minimum absolute atomic E-state index is 0.0641. The van der Waals surface area contributed by atoms with Crippen LogP contribution < -0.4 is 4.74 Å². The Hall–Kier alpha value is -1.57. The predicted molar refractivity (Wildman–Crippen MR) is 129 cm³/mol. The molecule has 1 fully saturated rings. The largest absolute Gasteiger partial charge is 0.491 e. The number of para-hydroxylation sites is 1. The minimum Gasteiger partial charge on any atom is -0.491 e. The summed E-state index contributed by atoms with van der Waals surface area (Å²) < 4.78 is 15.7. The number of unbranched alkanes of at least 4 members (excludes halogenated alkanes) is 1. The van der Waals surface area contributed by atoms with Crippen molar-refractivity contribution in [2.24, 2.45) is 0 Å². The Balaban J connectivity index is 2.06. The minimum atomic E-state index is 0.0641. The van der Waals surface area contributed by atoms with Crippen LogP contribution in [0.15, 0.2) is 24.3 Å². The molecule has 1 aliphatic heterocycles. The van der Waals surface area contributed by atoms with Gasteiger partial charge in [-0.25, -0.2) is 3.93 Å². The molecule has 0 bridgehead atoms. The number of hydrogen-bond acceptors (Lipinski definition) is 4. The lowest BCUT2D eigenvalue weighted by Crippen LogP contribution is -2.51. The van der Waals surface area contributed by atoms with Crippen LogP contribution in [-0.2, 0) is 11.3 Å². The van der Waals surface area contributed by atoms with E-state index in [1.807, 2.05) is 19.1 Å². The molecule has 2 aromatic rings. The number of methoxy groups -OCH3 is 1. The summed E-state index contributed by atoms with van der Waals surface area (Å²) >= 11 is 3.64. The number of fused-ring (bicyclic) bond motifs is 1. The van der Waals surface area contributed by atoms with E-state index in [-0.39, 0.29) is 18.0 Å². The molecule has 2 heterocycles. The smallest absolute Gasteiger partial charge is 0.274 e. The number of hydrogen-bond donors (Lipinski definition) is 0. The third-order valence-corrected chi connectivity index (χ3v) is 6.57. The van der Waals surface area contributed by atoms with E-state index in [2.05, 4.69) is 55.5 Å². The Morgan fingerprint density at radius 3 is 2.74 bits per heavy atom. The molecule has 3 rings (SSSR count). The molecule has 0 unspecified atom stereocenters. The topological polar surface area (TPSA) is 46.9 Å². The van der Waals surface area contributed by atoms with E-state index < -0.39 is 0 Å². The van der Waals surface area contributed by atoms with Crippen molar-refractivity contribution < 1.29 is 14.3 Å². The van der Waals surface area contributed by atoms with Crippen LogP contribution in [0.4, 0.5) is 0 Å². The summed E-state index contributed by atoms with van der Waals surface area (Å²) in [6, 6.07) is 8.47. The van der Waals surface area contributed by atoms with Crippen LogP contribution in [-0.4, -0.2) is 64.8 Å². The van der Waals surface area contributed by atoms with Gasteiger partial charge in [0.05, 0.1) is 12.1 Å². The average Bonchev–Trinajstić information content (AvgIpc) is 3.05. The van der Waals surface area contributed by atoms with E-state index in [0.717, 1.165) is 62.8 Å². The molecule has 0 saturated carbocycles. The summed E-state index contributed by atoms with van der Waals surface area (Å²) in [7, 11) is 1.73.